The molecule has 0 heterocycles. The van der Waals surface area contributed by atoms with Crippen molar-refractivity contribution in [1.82, 2.24) is 0 Å². The van der Waals surface area contributed by atoms with Gasteiger partial charge in [0.15, 0.2) is 0 Å². The number of hydrogen-bond acceptors (Lipinski definition) is 0. The fourth-order valence-electron chi connectivity index (χ4n) is 9.28. The average Bonchev–Trinajstić information content (AvgIpc) is 3.04. The van der Waals surface area contributed by atoms with E-state index >= 15 is 0 Å². The molecular weight excluding hydrogens is 360 g/mol. The lowest BCUT2D eigenvalue weighted by Crippen LogP contribution is -2.50. The summed E-state index contributed by atoms with van der Waals surface area (Å²) in [5, 5.41) is 0. The molecule has 0 aliphatic heterocycles. The van der Waals surface area contributed by atoms with Gasteiger partial charge in [-0.15, -0.1) is 0 Å². The molecule has 4 rings (SSSR count). The highest BCUT2D eigenvalue weighted by Gasteiger charge is 2.59. The number of allylic oxidation sites excluding steroid dienone is 2. The minimum Gasteiger partial charge on any atom is -0.0845 e. The lowest BCUT2D eigenvalue weighted by Gasteiger charge is -2.59. The van der Waals surface area contributed by atoms with Crippen LogP contribution in [0.5, 0.6) is 0 Å². The first-order valence-electron chi connectivity index (χ1n) is 13.9. The highest BCUT2D eigenvalue weighted by atomic mass is 14.6. The molecule has 3 fully saturated rings. The zero-order chi connectivity index (χ0) is 21.7. The molecule has 3 saturated carbocycles. The Balaban J connectivity index is 1.48. The zero-order valence-electron chi connectivity index (χ0n) is 21.5. The highest BCUT2D eigenvalue weighted by Crippen LogP contribution is 2.67. The van der Waals surface area contributed by atoms with E-state index in [0.29, 0.717) is 10.8 Å². The second-order valence-electron chi connectivity index (χ2n) is 13.5. The van der Waals surface area contributed by atoms with Crippen molar-refractivity contribution >= 4 is 0 Å². The monoisotopic (exact) mass is 412 g/mol. The minimum atomic E-state index is 0.538. The number of rotatable bonds is 6. The van der Waals surface area contributed by atoms with E-state index < -0.39 is 0 Å². The van der Waals surface area contributed by atoms with Crippen molar-refractivity contribution < 1.29 is 0 Å². The largest absolute Gasteiger partial charge is 0.0845 e. The van der Waals surface area contributed by atoms with Crippen molar-refractivity contribution in [2.24, 2.45) is 58.2 Å². The van der Waals surface area contributed by atoms with E-state index in [1.165, 1.54) is 70.6 Å². The van der Waals surface area contributed by atoms with Crippen LogP contribution in [-0.2, 0) is 0 Å². The van der Waals surface area contributed by atoms with Gasteiger partial charge in [-0.25, -0.2) is 0 Å². The van der Waals surface area contributed by atoms with E-state index in [0.717, 1.165) is 47.3 Å². The fourth-order valence-corrected chi connectivity index (χ4v) is 9.28. The van der Waals surface area contributed by atoms with E-state index in [4.69, 9.17) is 0 Å². The lowest BCUT2D eigenvalue weighted by molar-refractivity contribution is -0.0538. The molecule has 0 aromatic rings. The van der Waals surface area contributed by atoms with Gasteiger partial charge in [-0.05, 0) is 110 Å². The van der Waals surface area contributed by atoms with Gasteiger partial charge in [0, 0.05) is 0 Å². The van der Waals surface area contributed by atoms with Gasteiger partial charge < -0.3 is 0 Å². The highest BCUT2D eigenvalue weighted by molar-refractivity contribution is 5.25. The normalized spacial score (nSPS) is 44.4. The Morgan fingerprint density at radius 2 is 1.67 bits per heavy atom. The second-order valence-corrected chi connectivity index (χ2v) is 13.5. The number of fused-ring (bicyclic) bond motifs is 5. The molecule has 0 amide bonds. The first-order valence-corrected chi connectivity index (χ1v) is 13.9. The topological polar surface area (TPSA) is 0 Å². The van der Waals surface area contributed by atoms with Crippen LogP contribution in [0.1, 0.15) is 119 Å². The van der Waals surface area contributed by atoms with Gasteiger partial charge in [0.25, 0.3) is 0 Å². The van der Waals surface area contributed by atoms with E-state index in [-0.39, 0.29) is 0 Å². The fraction of sp³-hybridized carbons (Fsp3) is 0.933. The molecule has 0 unspecified atom stereocenters. The Labute approximate surface area is 189 Å². The first-order chi connectivity index (χ1) is 14.2. The van der Waals surface area contributed by atoms with Crippen molar-refractivity contribution in [2.45, 2.75) is 119 Å². The zero-order valence-corrected chi connectivity index (χ0v) is 21.5. The molecule has 0 nitrogen and oxygen atoms in total. The van der Waals surface area contributed by atoms with Gasteiger partial charge in [-0.1, -0.05) is 79.4 Å². The molecule has 0 saturated heterocycles. The third kappa shape index (κ3) is 3.85. The molecule has 0 spiro atoms. The summed E-state index contributed by atoms with van der Waals surface area (Å²) in [4.78, 5) is 0. The third-order valence-corrected chi connectivity index (χ3v) is 11.3. The molecule has 0 heteroatoms. The predicted octanol–water partition coefficient (Wildman–Crippen LogP) is 9.30. The summed E-state index contributed by atoms with van der Waals surface area (Å²) in [5.74, 6) is 7.57. The van der Waals surface area contributed by atoms with Gasteiger partial charge in [-0.2, -0.15) is 0 Å². The molecule has 0 aromatic carbocycles. The van der Waals surface area contributed by atoms with Gasteiger partial charge in [0.1, 0.15) is 0 Å². The Bertz CT molecular complexity index is 626. The maximum absolute atomic E-state index is 2.78. The first kappa shape index (κ1) is 22.9. The Morgan fingerprint density at radius 1 is 0.900 bits per heavy atom. The quantitative estimate of drug-likeness (QED) is 0.381. The van der Waals surface area contributed by atoms with Gasteiger partial charge >= 0.3 is 0 Å². The minimum absolute atomic E-state index is 0.538. The van der Waals surface area contributed by atoms with Crippen LogP contribution in [0.3, 0.4) is 0 Å². The smallest absolute Gasteiger partial charge is 0.00851 e. The molecule has 0 bridgehead atoms. The summed E-state index contributed by atoms with van der Waals surface area (Å²) in [6.45, 7) is 17.7. The third-order valence-electron chi connectivity index (χ3n) is 11.3. The standard InChI is InChI=1S/C30H52/c1-20(2)9-8-10-22(5)26-13-14-27-25-12-11-24-19-23(21(3)4)15-17-29(24,6)28(25)16-18-30(26,27)7/h11,20-23,25-28H,8-10,12-19H2,1-7H3/t22-,23+,25+,26-,27+,28+,29+,30-/m1/s1. The Hall–Kier alpha value is -0.260. The predicted molar refractivity (Wildman–Crippen MR) is 131 cm³/mol. The van der Waals surface area contributed by atoms with Crippen molar-refractivity contribution in [3.05, 3.63) is 11.6 Å². The van der Waals surface area contributed by atoms with Crippen LogP contribution in [0, 0.1) is 58.2 Å². The van der Waals surface area contributed by atoms with Crippen molar-refractivity contribution in [3.8, 4) is 0 Å². The summed E-state index contributed by atoms with van der Waals surface area (Å²) in [6.07, 6.45) is 19.0. The average molecular weight is 413 g/mol. The Kier molecular flexibility index (Phi) is 6.56. The van der Waals surface area contributed by atoms with E-state index in [1.807, 2.05) is 5.57 Å². The molecular formula is C30H52. The van der Waals surface area contributed by atoms with Crippen LogP contribution >= 0.6 is 0 Å². The van der Waals surface area contributed by atoms with E-state index in [1.54, 1.807) is 0 Å². The second kappa shape index (κ2) is 8.59. The Morgan fingerprint density at radius 3 is 2.37 bits per heavy atom. The summed E-state index contributed by atoms with van der Waals surface area (Å²) in [5.41, 5.74) is 3.06. The van der Waals surface area contributed by atoms with Crippen LogP contribution in [0.4, 0.5) is 0 Å². The van der Waals surface area contributed by atoms with Crippen LogP contribution in [0.25, 0.3) is 0 Å². The number of hydrogen-bond donors (Lipinski definition) is 0. The van der Waals surface area contributed by atoms with Gasteiger partial charge in [0.2, 0.25) is 0 Å². The molecule has 172 valence electrons. The molecule has 8 atom stereocenters. The molecule has 4 aliphatic rings. The van der Waals surface area contributed by atoms with E-state index in [9.17, 15) is 0 Å². The molecule has 0 N–H and O–H groups in total. The van der Waals surface area contributed by atoms with Crippen molar-refractivity contribution in [3.63, 3.8) is 0 Å². The summed E-state index contributed by atoms with van der Waals surface area (Å²) in [6, 6.07) is 0. The van der Waals surface area contributed by atoms with Crippen LogP contribution in [-0.4, -0.2) is 0 Å². The summed E-state index contributed by atoms with van der Waals surface area (Å²) in [7, 11) is 0. The molecule has 4 aliphatic carbocycles. The van der Waals surface area contributed by atoms with Gasteiger partial charge in [0.05, 0.1) is 0 Å². The molecule has 0 radical (unpaired) electrons. The summed E-state index contributed by atoms with van der Waals surface area (Å²) >= 11 is 0. The van der Waals surface area contributed by atoms with Crippen LogP contribution in [0.2, 0.25) is 0 Å². The molecule has 0 aromatic heterocycles. The van der Waals surface area contributed by atoms with E-state index in [2.05, 4.69) is 54.5 Å². The van der Waals surface area contributed by atoms with Crippen LogP contribution in [0.15, 0.2) is 11.6 Å². The van der Waals surface area contributed by atoms with Crippen molar-refractivity contribution in [2.75, 3.05) is 0 Å². The van der Waals surface area contributed by atoms with Gasteiger partial charge in [-0.3, -0.25) is 0 Å². The summed E-state index contributed by atoms with van der Waals surface area (Å²) < 4.78 is 0. The van der Waals surface area contributed by atoms with Crippen LogP contribution < -0.4 is 0 Å². The molecule has 30 heavy (non-hydrogen) atoms. The lowest BCUT2D eigenvalue weighted by atomic mass is 9.46. The SMILES string of the molecule is CC(C)CCC[C@@H](C)[C@H]1CC[C@H]2[C@@H]3CC=C4C[C@@H](C(C)C)CC[C@]4(C)[C@H]3CC[C@]12C. The maximum atomic E-state index is 2.78. The maximum Gasteiger partial charge on any atom is -0.00851 e. The van der Waals surface area contributed by atoms with Crippen molar-refractivity contribution in [1.29, 1.82) is 0 Å².